The minimum Gasteiger partial charge on any atom is -0.469 e. The maximum Gasteiger partial charge on any atom is 0.309 e. The lowest BCUT2D eigenvalue weighted by atomic mass is 9.77. The average Bonchev–Trinajstić information content (AvgIpc) is 3.84. The number of ether oxygens (including phenoxy) is 1. The zero-order valence-corrected chi connectivity index (χ0v) is 26.6. The van der Waals surface area contributed by atoms with E-state index in [0.717, 1.165) is 54.7 Å². The summed E-state index contributed by atoms with van der Waals surface area (Å²) >= 11 is 0. The van der Waals surface area contributed by atoms with E-state index in [1.165, 1.54) is 84.7 Å². The molecule has 1 aliphatic carbocycles. The van der Waals surface area contributed by atoms with Crippen LogP contribution in [0.1, 0.15) is 86.6 Å². The molecule has 0 bridgehead atoms. The van der Waals surface area contributed by atoms with Crippen LogP contribution in [0.2, 0.25) is 0 Å². The maximum atomic E-state index is 11.6. The molecule has 9 nitrogen and oxygen atoms in total. The van der Waals surface area contributed by atoms with Gasteiger partial charge in [-0.3, -0.25) is 4.79 Å². The van der Waals surface area contributed by atoms with Crippen molar-refractivity contribution in [2.24, 2.45) is 5.41 Å². The predicted molar refractivity (Wildman–Crippen MR) is 172 cm³/mol. The Hall–Kier alpha value is -3.01. The van der Waals surface area contributed by atoms with E-state index in [1.54, 1.807) is 6.20 Å². The van der Waals surface area contributed by atoms with Crippen molar-refractivity contribution in [3.05, 3.63) is 71.8 Å². The lowest BCUT2D eigenvalue weighted by Crippen LogP contribution is -2.46. The first-order valence-electron chi connectivity index (χ1n) is 16.9. The molecule has 1 saturated carbocycles. The largest absolute Gasteiger partial charge is 0.469 e. The molecule has 4 heterocycles. The zero-order chi connectivity index (χ0) is 30.2. The molecule has 2 N–H and O–H groups in total. The lowest BCUT2D eigenvalue weighted by molar-refractivity contribution is -0.139. The Labute approximate surface area is 262 Å². The Morgan fingerprint density at radius 1 is 1.02 bits per heavy atom. The number of aromatic amines is 1. The van der Waals surface area contributed by atoms with Crippen LogP contribution in [-0.2, 0) is 35.5 Å². The van der Waals surface area contributed by atoms with E-state index in [0.29, 0.717) is 18.4 Å². The van der Waals surface area contributed by atoms with Crippen LogP contribution < -0.4 is 5.32 Å². The van der Waals surface area contributed by atoms with E-state index in [2.05, 4.69) is 48.0 Å². The number of esters is 1. The molecule has 2 aliphatic heterocycles. The van der Waals surface area contributed by atoms with Gasteiger partial charge in [-0.05, 0) is 81.2 Å². The molecule has 2 saturated heterocycles. The van der Waals surface area contributed by atoms with Crippen LogP contribution in [0.3, 0.4) is 0 Å². The van der Waals surface area contributed by atoms with Crippen LogP contribution in [0.5, 0.6) is 0 Å². The molecule has 1 aromatic carbocycles. The number of piperidine rings is 1. The lowest BCUT2D eigenvalue weighted by Gasteiger charge is -2.44. The summed E-state index contributed by atoms with van der Waals surface area (Å²) in [6, 6.07) is 8.99. The molecule has 1 spiro atoms. The van der Waals surface area contributed by atoms with Gasteiger partial charge in [0.05, 0.1) is 19.6 Å². The van der Waals surface area contributed by atoms with Crippen molar-refractivity contribution in [2.45, 2.75) is 95.8 Å². The van der Waals surface area contributed by atoms with E-state index in [1.807, 2.05) is 24.5 Å². The number of aromatic nitrogens is 4. The first kappa shape index (κ1) is 31.0. The van der Waals surface area contributed by atoms with Gasteiger partial charge in [0.15, 0.2) is 0 Å². The number of aryl methyl sites for hydroxylation is 1. The molecule has 9 heteroatoms. The number of nitrogens with one attached hydrogen (secondary N) is 2. The van der Waals surface area contributed by atoms with Gasteiger partial charge in [-0.1, -0.05) is 43.5 Å². The minimum absolute atomic E-state index is 0.0128. The van der Waals surface area contributed by atoms with Gasteiger partial charge >= 0.3 is 5.97 Å². The van der Waals surface area contributed by atoms with Crippen molar-refractivity contribution in [2.75, 3.05) is 39.8 Å². The second kappa shape index (κ2) is 14.8. The highest BCUT2D eigenvalue weighted by atomic mass is 16.5. The van der Waals surface area contributed by atoms with Crippen molar-refractivity contribution < 1.29 is 9.53 Å². The number of likely N-dealkylation sites (tertiary alicyclic amines) is 2. The fraction of sp³-hybridized carbons (Fsp3) is 0.629. The number of H-pyrrole nitrogens is 1. The van der Waals surface area contributed by atoms with Crippen LogP contribution in [0.25, 0.3) is 0 Å². The third-order valence-corrected chi connectivity index (χ3v) is 10.5. The third-order valence-electron chi connectivity index (χ3n) is 10.5. The summed E-state index contributed by atoms with van der Waals surface area (Å²) in [5, 5.41) is 3.68. The number of methoxy groups -OCH3 is 1. The number of nitrogens with zero attached hydrogens (tertiary/aromatic N) is 5. The summed E-state index contributed by atoms with van der Waals surface area (Å²) in [5.41, 5.74) is 2.67. The number of hydrogen-bond donors (Lipinski definition) is 2. The Morgan fingerprint density at radius 2 is 1.80 bits per heavy atom. The Balaban J connectivity index is 0.972. The fourth-order valence-corrected chi connectivity index (χ4v) is 7.81. The molecular formula is C35H51N7O2. The Kier molecular flexibility index (Phi) is 10.5. The van der Waals surface area contributed by atoms with Crippen molar-refractivity contribution in [1.82, 2.24) is 34.6 Å². The first-order chi connectivity index (χ1) is 21.6. The summed E-state index contributed by atoms with van der Waals surface area (Å²) < 4.78 is 7.11. The SMILES string of the molecule is COC(=O)Cc1ccc(CNC(Cc2nccn2CCCN2CCC3(CCN(C4CCCCC4)CC3)C2)c2ncc[nH]2)cc1. The van der Waals surface area contributed by atoms with Gasteiger partial charge in [0.2, 0.25) is 0 Å². The summed E-state index contributed by atoms with van der Waals surface area (Å²) in [6.45, 7) is 8.04. The van der Waals surface area contributed by atoms with Crippen LogP contribution in [0, 0.1) is 5.41 Å². The number of carbonyl (C=O) groups is 1. The number of benzene rings is 1. The highest BCUT2D eigenvalue weighted by Crippen LogP contribution is 2.41. The highest BCUT2D eigenvalue weighted by Gasteiger charge is 2.41. The van der Waals surface area contributed by atoms with Crippen molar-refractivity contribution in [3.63, 3.8) is 0 Å². The van der Waals surface area contributed by atoms with Crippen molar-refractivity contribution in [1.29, 1.82) is 0 Å². The van der Waals surface area contributed by atoms with Gasteiger partial charge < -0.3 is 29.4 Å². The second-order valence-electron chi connectivity index (χ2n) is 13.4. The maximum absolute atomic E-state index is 11.6. The van der Waals surface area contributed by atoms with Gasteiger partial charge in [0.25, 0.3) is 0 Å². The number of hydrogen-bond acceptors (Lipinski definition) is 7. The number of rotatable bonds is 13. The standard InChI is InChI=1S/C35H51N7O2/c1-44-33(43)24-28-8-10-29(11-9-28)26-39-31(34-37-15-16-38-34)25-32-36-17-23-42(32)19-5-18-40-20-12-35(27-40)13-21-41(22-14-35)30-6-3-2-4-7-30/h8-11,15-17,23,30-31,39H,2-7,12-14,18-22,24-27H2,1H3,(H,37,38). The number of carbonyl (C=O) groups excluding carboxylic acids is 1. The van der Waals surface area contributed by atoms with Gasteiger partial charge in [-0.2, -0.15) is 0 Å². The minimum atomic E-state index is -0.223. The molecule has 3 fully saturated rings. The molecule has 0 amide bonds. The van der Waals surface area contributed by atoms with Crippen LogP contribution in [0.4, 0.5) is 0 Å². The van der Waals surface area contributed by atoms with Gasteiger partial charge in [-0.25, -0.2) is 9.97 Å². The van der Waals surface area contributed by atoms with Crippen LogP contribution >= 0.6 is 0 Å². The van der Waals surface area contributed by atoms with Crippen molar-refractivity contribution in [3.8, 4) is 0 Å². The van der Waals surface area contributed by atoms with Gasteiger partial charge in [0.1, 0.15) is 11.6 Å². The first-order valence-corrected chi connectivity index (χ1v) is 16.9. The molecule has 3 aromatic rings. The summed E-state index contributed by atoms with van der Waals surface area (Å²) in [5.74, 6) is 1.78. The fourth-order valence-electron chi connectivity index (χ4n) is 7.81. The van der Waals surface area contributed by atoms with E-state index < -0.39 is 0 Å². The topological polar surface area (TPSA) is 91.3 Å². The Bertz CT molecular complexity index is 1290. The normalized spacial score (nSPS) is 20.3. The third kappa shape index (κ3) is 7.98. The summed E-state index contributed by atoms with van der Waals surface area (Å²) in [7, 11) is 1.42. The predicted octanol–water partition coefficient (Wildman–Crippen LogP) is 4.91. The average molecular weight is 602 g/mol. The molecule has 238 valence electrons. The zero-order valence-electron chi connectivity index (χ0n) is 26.6. The van der Waals surface area contributed by atoms with E-state index in [-0.39, 0.29) is 12.0 Å². The second-order valence-corrected chi connectivity index (χ2v) is 13.4. The highest BCUT2D eigenvalue weighted by molar-refractivity contribution is 5.72. The molecule has 0 radical (unpaired) electrons. The van der Waals surface area contributed by atoms with Crippen LogP contribution in [0.15, 0.2) is 49.1 Å². The molecule has 6 rings (SSSR count). The van der Waals surface area contributed by atoms with Gasteiger partial charge in [-0.15, -0.1) is 0 Å². The molecule has 1 atom stereocenters. The van der Waals surface area contributed by atoms with E-state index in [4.69, 9.17) is 9.72 Å². The van der Waals surface area contributed by atoms with Gasteiger partial charge in [0, 0.05) is 56.9 Å². The van der Waals surface area contributed by atoms with Crippen LogP contribution in [-0.4, -0.2) is 81.2 Å². The molecule has 1 unspecified atom stereocenters. The van der Waals surface area contributed by atoms with E-state index in [9.17, 15) is 4.79 Å². The smallest absolute Gasteiger partial charge is 0.309 e. The molecule has 44 heavy (non-hydrogen) atoms. The quantitative estimate of drug-likeness (QED) is 0.269. The Morgan fingerprint density at radius 3 is 2.55 bits per heavy atom. The summed E-state index contributed by atoms with van der Waals surface area (Å²) in [6.07, 6.45) is 21.3. The molecule has 2 aromatic heterocycles. The molecule has 3 aliphatic rings. The number of imidazole rings is 2. The molecular weight excluding hydrogens is 550 g/mol. The monoisotopic (exact) mass is 601 g/mol. The van der Waals surface area contributed by atoms with Crippen molar-refractivity contribution >= 4 is 5.97 Å². The summed E-state index contributed by atoms with van der Waals surface area (Å²) in [4.78, 5) is 29.8. The van der Waals surface area contributed by atoms with E-state index >= 15 is 0 Å².